The largest absolute Gasteiger partial charge is 0.423 e. The molecule has 2 amide bonds. The standard InChI is InChI=1S/C20H24N2O4/c1-14-12-20(25)26-17-13-15(6-7-16(14)17)21-18(23)8-9-19(24)22-10-4-2-3-5-11-22/h6-7,12-13H,2-5,8-11H2,1H3,(H,21,23). The molecule has 0 bridgehead atoms. The lowest BCUT2D eigenvalue weighted by Gasteiger charge is -2.20. The molecule has 0 saturated carbocycles. The topological polar surface area (TPSA) is 79.6 Å². The molecule has 1 aromatic heterocycles. The smallest absolute Gasteiger partial charge is 0.336 e. The molecule has 1 saturated heterocycles. The fraction of sp³-hybridized carbons (Fsp3) is 0.450. The van der Waals surface area contributed by atoms with Crippen molar-refractivity contribution in [2.75, 3.05) is 18.4 Å². The lowest BCUT2D eigenvalue weighted by molar-refractivity contribution is -0.132. The number of carbonyl (C=O) groups excluding carboxylic acids is 2. The quantitative estimate of drug-likeness (QED) is 0.853. The van der Waals surface area contributed by atoms with Gasteiger partial charge in [-0.1, -0.05) is 12.8 Å². The Morgan fingerprint density at radius 2 is 1.81 bits per heavy atom. The van der Waals surface area contributed by atoms with Gasteiger partial charge in [-0.25, -0.2) is 4.79 Å². The van der Waals surface area contributed by atoms with Crippen LogP contribution in [-0.4, -0.2) is 29.8 Å². The molecule has 3 rings (SSSR count). The number of aryl methyl sites for hydroxylation is 1. The van der Waals surface area contributed by atoms with Crippen molar-refractivity contribution < 1.29 is 14.0 Å². The van der Waals surface area contributed by atoms with Crippen LogP contribution in [0, 0.1) is 6.92 Å². The lowest BCUT2D eigenvalue weighted by Crippen LogP contribution is -2.32. The zero-order chi connectivity index (χ0) is 18.5. The number of nitrogens with zero attached hydrogens (tertiary/aromatic N) is 1. The molecule has 1 N–H and O–H groups in total. The molecule has 0 unspecified atom stereocenters. The van der Waals surface area contributed by atoms with Crippen LogP contribution in [0.5, 0.6) is 0 Å². The van der Waals surface area contributed by atoms with E-state index in [1.807, 2.05) is 17.9 Å². The SMILES string of the molecule is Cc1cc(=O)oc2cc(NC(=O)CCC(=O)N3CCCCCC3)ccc12. The van der Waals surface area contributed by atoms with Crippen molar-refractivity contribution in [1.29, 1.82) is 0 Å². The van der Waals surface area contributed by atoms with Crippen LogP contribution in [-0.2, 0) is 9.59 Å². The predicted molar refractivity (Wildman–Crippen MR) is 100 cm³/mol. The van der Waals surface area contributed by atoms with Crippen LogP contribution in [0.1, 0.15) is 44.1 Å². The van der Waals surface area contributed by atoms with Gasteiger partial charge in [0, 0.05) is 49.1 Å². The third kappa shape index (κ3) is 4.50. The second-order valence-corrected chi connectivity index (χ2v) is 6.80. The lowest BCUT2D eigenvalue weighted by atomic mass is 10.1. The second-order valence-electron chi connectivity index (χ2n) is 6.80. The fourth-order valence-corrected chi connectivity index (χ4v) is 3.32. The summed E-state index contributed by atoms with van der Waals surface area (Å²) in [7, 11) is 0. The van der Waals surface area contributed by atoms with Crippen molar-refractivity contribution in [2.45, 2.75) is 45.4 Å². The molecule has 2 aromatic rings. The van der Waals surface area contributed by atoms with E-state index in [0.717, 1.165) is 36.9 Å². The van der Waals surface area contributed by atoms with Gasteiger partial charge < -0.3 is 14.6 Å². The summed E-state index contributed by atoms with van der Waals surface area (Å²) < 4.78 is 5.19. The number of benzene rings is 1. The zero-order valence-corrected chi connectivity index (χ0v) is 15.0. The van der Waals surface area contributed by atoms with Crippen molar-refractivity contribution in [3.05, 3.63) is 40.2 Å². The molecule has 0 radical (unpaired) electrons. The number of hydrogen-bond acceptors (Lipinski definition) is 4. The van der Waals surface area contributed by atoms with E-state index in [0.29, 0.717) is 11.3 Å². The van der Waals surface area contributed by atoms with Crippen molar-refractivity contribution in [3.8, 4) is 0 Å². The predicted octanol–water partition coefficient (Wildman–Crippen LogP) is 3.22. The van der Waals surface area contributed by atoms with Crippen LogP contribution in [0.4, 0.5) is 5.69 Å². The van der Waals surface area contributed by atoms with Crippen LogP contribution in [0.15, 0.2) is 33.5 Å². The van der Waals surface area contributed by atoms with E-state index < -0.39 is 5.63 Å². The highest BCUT2D eigenvalue weighted by Crippen LogP contribution is 2.21. The average Bonchev–Trinajstić information content (AvgIpc) is 2.88. The minimum Gasteiger partial charge on any atom is -0.423 e. The molecule has 6 nitrogen and oxygen atoms in total. The molecule has 1 fully saturated rings. The van der Waals surface area contributed by atoms with Gasteiger partial charge in [-0.3, -0.25) is 9.59 Å². The van der Waals surface area contributed by atoms with Gasteiger partial charge in [0.05, 0.1) is 0 Å². The first-order valence-electron chi connectivity index (χ1n) is 9.15. The minimum atomic E-state index is -0.415. The maximum atomic E-state index is 12.3. The Morgan fingerprint density at radius 3 is 2.54 bits per heavy atom. The Bertz CT molecular complexity index is 864. The molecular formula is C20H24N2O4. The third-order valence-corrected chi connectivity index (χ3v) is 4.76. The van der Waals surface area contributed by atoms with Gasteiger partial charge in [-0.2, -0.15) is 0 Å². The Balaban J connectivity index is 1.58. The first-order valence-corrected chi connectivity index (χ1v) is 9.15. The van der Waals surface area contributed by atoms with Gasteiger partial charge >= 0.3 is 5.63 Å². The van der Waals surface area contributed by atoms with E-state index in [9.17, 15) is 14.4 Å². The van der Waals surface area contributed by atoms with Gasteiger partial charge in [0.15, 0.2) is 0 Å². The van der Waals surface area contributed by atoms with E-state index in [1.54, 1.807) is 12.1 Å². The van der Waals surface area contributed by atoms with E-state index >= 15 is 0 Å². The Kier molecular flexibility index (Phi) is 5.71. The monoisotopic (exact) mass is 356 g/mol. The van der Waals surface area contributed by atoms with Crippen molar-refractivity contribution >= 4 is 28.5 Å². The Labute approximate surface area is 152 Å². The van der Waals surface area contributed by atoms with Crippen molar-refractivity contribution in [3.63, 3.8) is 0 Å². The first-order chi connectivity index (χ1) is 12.5. The van der Waals surface area contributed by atoms with E-state index in [2.05, 4.69) is 5.32 Å². The highest BCUT2D eigenvalue weighted by atomic mass is 16.4. The Hall–Kier alpha value is -2.63. The van der Waals surface area contributed by atoms with Gasteiger partial charge in [0.25, 0.3) is 0 Å². The fourth-order valence-electron chi connectivity index (χ4n) is 3.32. The number of hydrogen-bond donors (Lipinski definition) is 1. The number of rotatable bonds is 4. The van der Waals surface area contributed by atoms with Crippen molar-refractivity contribution in [1.82, 2.24) is 4.90 Å². The summed E-state index contributed by atoms with van der Waals surface area (Å²) in [6, 6.07) is 6.66. The van der Waals surface area contributed by atoms with Crippen LogP contribution >= 0.6 is 0 Å². The highest BCUT2D eigenvalue weighted by Gasteiger charge is 2.16. The summed E-state index contributed by atoms with van der Waals surface area (Å²) in [5, 5.41) is 3.60. The normalized spacial score (nSPS) is 14.9. The Morgan fingerprint density at radius 1 is 1.08 bits per heavy atom. The number of anilines is 1. The third-order valence-electron chi connectivity index (χ3n) is 4.76. The maximum Gasteiger partial charge on any atom is 0.336 e. The molecule has 0 aliphatic carbocycles. The average molecular weight is 356 g/mol. The highest BCUT2D eigenvalue weighted by molar-refractivity contribution is 5.95. The molecule has 6 heteroatoms. The summed E-state index contributed by atoms with van der Waals surface area (Å²) in [5.41, 5.74) is 1.41. The molecule has 0 spiro atoms. The van der Waals surface area contributed by atoms with Crippen LogP contribution < -0.4 is 10.9 Å². The summed E-state index contributed by atoms with van der Waals surface area (Å²) >= 11 is 0. The summed E-state index contributed by atoms with van der Waals surface area (Å²) in [4.78, 5) is 37.8. The number of likely N-dealkylation sites (tertiary alicyclic amines) is 1. The molecule has 2 heterocycles. The van der Waals surface area contributed by atoms with Gasteiger partial charge in [0.1, 0.15) is 5.58 Å². The van der Waals surface area contributed by atoms with Crippen molar-refractivity contribution in [2.24, 2.45) is 0 Å². The van der Waals surface area contributed by atoms with E-state index in [-0.39, 0.29) is 24.7 Å². The van der Waals surface area contributed by atoms with Gasteiger partial charge in [-0.15, -0.1) is 0 Å². The number of amides is 2. The molecule has 0 atom stereocenters. The molecule has 138 valence electrons. The minimum absolute atomic E-state index is 0.0437. The van der Waals surface area contributed by atoms with Crippen LogP contribution in [0.2, 0.25) is 0 Å². The molecular weight excluding hydrogens is 332 g/mol. The summed E-state index contributed by atoms with van der Waals surface area (Å²) in [6.07, 6.45) is 4.78. The number of nitrogens with one attached hydrogen (secondary N) is 1. The number of carbonyl (C=O) groups is 2. The van der Waals surface area contributed by atoms with Crippen LogP contribution in [0.3, 0.4) is 0 Å². The summed E-state index contributed by atoms with van der Waals surface area (Å²) in [6.45, 7) is 3.43. The summed E-state index contributed by atoms with van der Waals surface area (Å²) in [5.74, 6) is -0.176. The second kappa shape index (κ2) is 8.17. The molecule has 26 heavy (non-hydrogen) atoms. The molecule has 1 aromatic carbocycles. The molecule has 1 aliphatic heterocycles. The zero-order valence-electron chi connectivity index (χ0n) is 15.0. The van der Waals surface area contributed by atoms with Crippen LogP contribution in [0.25, 0.3) is 11.0 Å². The van der Waals surface area contributed by atoms with Gasteiger partial charge in [0.2, 0.25) is 11.8 Å². The first kappa shape index (κ1) is 18.2. The number of fused-ring (bicyclic) bond motifs is 1. The van der Waals surface area contributed by atoms with E-state index in [1.165, 1.54) is 18.9 Å². The van der Waals surface area contributed by atoms with Gasteiger partial charge in [-0.05, 0) is 37.5 Å². The van der Waals surface area contributed by atoms with E-state index in [4.69, 9.17) is 4.42 Å². The molecule has 1 aliphatic rings. The maximum absolute atomic E-state index is 12.3.